The van der Waals surface area contributed by atoms with Crippen LogP contribution in [0.25, 0.3) is 0 Å². The van der Waals surface area contributed by atoms with E-state index >= 15 is 0 Å². The molecule has 0 saturated heterocycles. The highest BCUT2D eigenvalue weighted by atomic mass is 19.1. The molecule has 0 aliphatic heterocycles. The van der Waals surface area contributed by atoms with Crippen LogP contribution in [-0.4, -0.2) is 4.57 Å². The molecule has 2 aromatic rings. The predicted molar refractivity (Wildman–Crippen MR) is 54.7 cm³/mol. The van der Waals surface area contributed by atoms with Crippen molar-refractivity contribution >= 4 is 0 Å². The molecule has 0 aliphatic carbocycles. The summed E-state index contributed by atoms with van der Waals surface area (Å²) in [5, 5.41) is 0. The fourth-order valence-electron chi connectivity index (χ4n) is 1.49. The van der Waals surface area contributed by atoms with E-state index in [1.165, 1.54) is 6.07 Å². The number of nitrogens with zero attached hydrogens (tertiary/aromatic N) is 1. The molecule has 0 radical (unpaired) electrons. The Kier molecular flexibility index (Phi) is 2.35. The largest absolute Gasteiger partial charge is 0.347 e. The van der Waals surface area contributed by atoms with Gasteiger partial charge in [-0.05, 0) is 25.1 Å². The van der Waals surface area contributed by atoms with E-state index in [2.05, 4.69) is 0 Å². The van der Waals surface area contributed by atoms with Gasteiger partial charge >= 0.3 is 0 Å². The summed E-state index contributed by atoms with van der Waals surface area (Å²) < 4.78 is 15.3. The molecule has 0 aliphatic rings. The smallest absolute Gasteiger partial charge is 0.128 e. The Hall–Kier alpha value is -1.57. The van der Waals surface area contributed by atoms with Gasteiger partial charge in [0.1, 0.15) is 5.82 Å². The van der Waals surface area contributed by atoms with Gasteiger partial charge in [-0.3, -0.25) is 0 Å². The SMILES string of the molecule is Cc1cccn1Cc1ccccc1F. The molecule has 1 aromatic carbocycles. The summed E-state index contributed by atoms with van der Waals surface area (Å²) in [5.74, 6) is -0.138. The highest BCUT2D eigenvalue weighted by Crippen LogP contribution is 2.10. The molecule has 1 aromatic heterocycles. The Morgan fingerprint density at radius 3 is 2.57 bits per heavy atom. The normalized spacial score (nSPS) is 10.4. The molecule has 0 spiro atoms. The van der Waals surface area contributed by atoms with Crippen molar-refractivity contribution in [2.75, 3.05) is 0 Å². The van der Waals surface area contributed by atoms with E-state index in [1.807, 2.05) is 42.0 Å². The molecular formula is C12H12FN. The molecule has 14 heavy (non-hydrogen) atoms. The van der Waals surface area contributed by atoms with Crippen LogP contribution in [0.3, 0.4) is 0 Å². The molecule has 0 saturated carbocycles. The first-order chi connectivity index (χ1) is 6.77. The van der Waals surface area contributed by atoms with Crippen molar-refractivity contribution in [1.82, 2.24) is 4.57 Å². The molecule has 0 bridgehead atoms. The lowest BCUT2D eigenvalue weighted by atomic mass is 10.2. The highest BCUT2D eigenvalue weighted by molar-refractivity contribution is 5.19. The van der Waals surface area contributed by atoms with Gasteiger partial charge in [0.15, 0.2) is 0 Å². The number of aromatic nitrogens is 1. The summed E-state index contributed by atoms with van der Waals surface area (Å²) >= 11 is 0. The van der Waals surface area contributed by atoms with E-state index < -0.39 is 0 Å². The molecule has 0 atom stereocenters. The standard InChI is InChI=1S/C12H12FN/c1-10-5-4-8-14(10)9-11-6-2-3-7-12(11)13/h2-8H,9H2,1H3. The summed E-state index contributed by atoms with van der Waals surface area (Å²) in [7, 11) is 0. The summed E-state index contributed by atoms with van der Waals surface area (Å²) in [6.45, 7) is 2.62. The van der Waals surface area contributed by atoms with E-state index in [0.29, 0.717) is 6.54 Å². The van der Waals surface area contributed by atoms with Gasteiger partial charge in [0.25, 0.3) is 0 Å². The minimum Gasteiger partial charge on any atom is -0.347 e. The lowest BCUT2D eigenvalue weighted by molar-refractivity contribution is 0.598. The lowest BCUT2D eigenvalue weighted by Crippen LogP contribution is -2.01. The van der Waals surface area contributed by atoms with Crippen LogP contribution in [0.2, 0.25) is 0 Å². The summed E-state index contributed by atoms with van der Waals surface area (Å²) in [5.41, 5.74) is 1.88. The third-order valence-electron chi connectivity index (χ3n) is 2.36. The Balaban J connectivity index is 2.28. The second kappa shape index (κ2) is 3.66. The molecule has 72 valence electrons. The summed E-state index contributed by atoms with van der Waals surface area (Å²) in [6, 6.07) is 10.9. The maximum atomic E-state index is 13.3. The van der Waals surface area contributed by atoms with Gasteiger partial charge < -0.3 is 4.57 Å². The zero-order valence-electron chi connectivity index (χ0n) is 8.07. The zero-order chi connectivity index (χ0) is 9.97. The minimum absolute atomic E-state index is 0.138. The Morgan fingerprint density at radius 2 is 1.93 bits per heavy atom. The molecular weight excluding hydrogens is 177 g/mol. The van der Waals surface area contributed by atoms with Crippen molar-refractivity contribution in [2.45, 2.75) is 13.5 Å². The third-order valence-corrected chi connectivity index (χ3v) is 2.36. The van der Waals surface area contributed by atoms with Gasteiger partial charge in [-0.15, -0.1) is 0 Å². The minimum atomic E-state index is -0.138. The molecule has 2 rings (SSSR count). The number of halogens is 1. The quantitative estimate of drug-likeness (QED) is 0.684. The van der Waals surface area contributed by atoms with Crippen LogP contribution in [0.15, 0.2) is 42.6 Å². The van der Waals surface area contributed by atoms with Crippen molar-refractivity contribution in [3.8, 4) is 0 Å². The number of aryl methyl sites for hydroxylation is 1. The van der Waals surface area contributed by atoms with E-state index in [9.17, 15) is 4.39 Å². The first-order valence-electron chi connectivity index (χ1n) is 4.62. The molecule has 0 unspecified atom stereocenters. The molecule has 1 heterocycles. The van der Waals surface area contributed by atoms with Gasteiger partial charge in [-0.25, -0.2) is 4.39 Å². The molecule has 0 fully saturated rings. The number of hydrogen-bond acceptors (Lipinski definition) is 0. The van der Waals surface area contributed by atoms with E-state index in [1.54, 1.807) is 6.07 Å². The van der Waals surface area contributed by atoms with Crippen molar-refractivity contribution in [3.05, 3.63) is 59.7 Å². The van der Waals surface area contributed by atoms with Crippen molar-refractivity contribution in [1.29, 1.82) is 0 Å². The zero-order valence-corrected chi connectivity index (χ0v) is 8.07. The van der Waals surface area contributed by atoms with Gasteiger partial charge in [-0.2, -0.15) is 0 Å². The molecule has 0 N–H and O–H groups in total. The van der Waals surface area contributed by atoms with Gasteiger partial charge in [0.05, 0.1) is 6.54 Å². The number of benzene rings is 1. The monoisotopic (exact) mass is 189 g/mol. The number of hydrogen-bond donors (Lipinski definition) is 0. The Labute approximate surface area is 82.8 Å². The third kappa shape index (κ3) is 1.69. The van der Waals surface area contributed by atoms with Gasteiger partial charge in [-0.1, -0.05) is 18.2 Å². The van der Waals surface area contributed by atoms with Crippen molar-refractivity contribution in [3.63, 3.8) is 0 Å². The van der Waals surface area contributed by atoms with Gasteiger partial charge in [0, 0.05) is 17.5 Å². The Bertz CT molecular complexity index is 431. The first-order valence-corrected chi connectivity index (χ1v) is 4.62. The topological polar surface area (TPSA) is 4.93 Å². The van der Waals surface area contributed by atoms with Gasteiger partial charge in [0.2, 0.25) is 0 Å². The van der Waals surface area contributed by atoms with E-state index in [0.717, 1.165) is 11.3 Å². The highest BCUT2D eigenvalue weighted by Gasteiger charge is 2.01. The molecule has 2 heteroatoms. The van der Waals surface area contributed by atoms with Crippen LogP contribution in [-0.2, 0) is 6.54 Å². The van der Waals surface area contributed by atoms with Crippen LogP contribution < -0.4 is 0 Å². The first kappa shape index (κ1) is 9.00. The predicted octanol–water partition coefficient (Wildman–Crippen LogP) is 2.98. The van der Waals surface area contributed by atoms with Crippen LogP contribution in [0.4, 0.5) is 4.39 Å². The maximum Gasteiger partial charge on any atom is 0.128 e. The van der Waals surface area contributed by atoms with Crippen LogP contribution in [0.5, 0.6) is 0 Å². The fraction of sp³-hybridized carbons (Fsp3) is 0.167. The van der Waals surface area contributed by atoms with E-state index in [4.69, 9.17) is 0 Å². The maximum absolute atomic E-state index is 13.3. The molecule has 1 nitrogen and oxygen atoms in total. The lowest BCUT2D eigenvalue weighted by Gasteiger charge is -2.06. The fourth-order valence-corrected chi connectivity index (χ4v) is 1.49. The van der Waals surface area contributed by atoms with Crippen molar-refractivity contribution < 1.29 is 4.39 Å². The average Bonchev–Trinajstić information content (AvgIpc) is 2.56. The second-order valence-electron chi connectivity index (χ2n) is 3.37. The average molecular weight is 189 g/mol. The second-order valence-corrected chi connectivity index (χ2v) is 3.37. The Morgan fingerprint density at radius 1 is 1.14 bits per heavy atom. The number of rotatable bonds is 2. The van der Waals surface area contributed by atoms with Crippen LogP contribution >= 0.6 is 0 Å². The van der Waals surface area contributed by atoms with Crippen LogP contribution in [0, 0.1) is 12.7 Å². The van der Waals surface area contributed by atoms with Crippen molar-refractivity contribution in [2.24, 2.45) is 0 Å². The summed E-state index contributed by atoms with van der Waals surface area (Å²) in [6.07, 6.45) is 1.96. The summed E-state index contributed by atoms with van der Waals surface area (Å²) in [4.78, 5) is 0. The van der Waals surface area contributed by atoms with Crippen LogP contribution in [0.1, 0.15) is 11.3 Å². The van der Waals surface area contributed by atoms with E-state index in [-0.39, 0.29) is 5.82 Å². The molecule has 0 amide bonds.